The van der Waals surface area contributed by atoms with Crippen LogP contribution in [0.3, 0.4) is 0 Å². The van der Waals surface area contributed by atoms with Gasteiger partial charge in [0.2, 0.25) is 0 Å². The fourth-order valence-electron chi connectivity index (χ4n) is 4.10. The zero-order chi connectivity index (χ0) is 22.6. The summed E-state index contributed by atoms with van der Waals surface area (Å²) in [6.45, 7) is 2.86. The fourth-order valence-corrected chi connectivity index (χ4v) is 5.21. The van der Waals surface area contributed by atoms with E-state index in [1.54, 1.807) is 0 Å². The van der Waals surface area contributed by atoms with Crippen LogP contribution in [0.1, 0.15) is 52.7 Å². The smallest absolute Gasteiger partial charge is 0.255 e. The first-order valence-electron chi connectivity index (χ1n) is 11.8. The third kappa shape index (κ3) is 5.58. The lowest BCUT2D eigenvalue weighted by atomic mass is 10.1. The van der Waals surface area contributed by atoms with Crippen molar-refractivity contribution in [1.82, 2.24) is 10.3 Å². The topological polar surface area (TPSA) is 54.0 Å². The molecular weight excluding hydrogens is 426 g/mol. The molecule has 0 spiro atoms. The average molecular weight is 456 g/mol. The van der Waals surface area contributed by atoms with E-state index in [9.17, 15) is 4.79 Å². The number of nitrogens with zero attached hydrogens (tertiary/aromatic N) is 1. The standard InChI is InChI=1S/C28H29N3OS/c1-19-26(31-28(32)23-8-6-21(7-9-23)5-4-20-2-3-20)11-10-24-16-22(18-30-27(19)24)17-29-25-12-14-33-15-13-25/h6-11,16,18,20,25,29H,2-3,12-15,17H2,1H3,(H,31,32). The molecule has 5 heteroatoms. The summed E-state index contributed by atoms with van der Waals surface area (Å²) in [5.74, 6) is 9.39. The molecule has 2 heterocycles. The van der Waals surface area contributed by atoms with E-state index in [1.807, 2.05) is 61.3 Å². The highest BCUT2D eigenvalue weighted by atomic mass is 32.2. The van der Waals surface area contributed by atoms with Crippen LogP contribution in [-0.2, 0) is 6.54 Å². The van der Waals surface area contributed by atoms with Crippen LogP contribution in [0.25, 0.3) is 10.9 Å². The van der Waals surface area contributed by atoms with Crippen LogP contribution in [-0.4, -0.2) is 28.4 Å². The molecule has 1 aromatic heterocycles. The molecule has 1 aliphatic heterocycles. The number of carbonyl (C=O) groups is 1. The highest BCUT2D eigenvalue weighted by Gasteiger charge is 2.18. The molecule has 1 amide bonds. The van der Waals surface area contributed by atoms with Crippen LogP contribution in [0.2, 0.25) is 0 Å². The summed E-state index contributed by atoms with van der Waals surface area (Å²) in [6, 6.07) is 14.3. The predicted octanol–water partition coefficient (Wildman–Crippen LogP) is 5.54. The van der Waals surface area contributed by atoms with Gasteiger partial charge < -0.3 is 10.6 Å². The van der Waals surface area contributed by atoms with Gasteiger partial charge in [0.25, 0.3) is 5.91 Å². The Balaban J connectivity index is 1.25. The van der Waals surface area contributed by atoms with Gasteiger partial charge in [0.1, 0.15) is 0 Å². The first-order valence-corrected chi connectivity index (χ1v) is 12.9. The van der Waals surface area contributed by atoms with Gasteiger partial charge in [0.05, 0.1) is 5.52 Å². The van der Waals surface area contributed by atoms with Crippen LogP contribution in [0.5, 0.6) is 0 Å². The molecule has 5 rings (SSSR count). The maximum Gasteiger partial charge on any atom is 0.255 e. The Kier molecular flexibility index (Phi) is 6.66. The molecule has 1 saturated heterocycles. The molecule has 33 heavy (non-hydrogen) atoms. The predicted molar refractivity (Wildman–Crippen MR) is 138 cm³/mol. The summed E-state index contributed by atoms with van der Waals surface area (Å²) >= 11 is 2.05. The number of hydrogen-bond donors (Lipinski definition) is 2. The summed E-state index contributed by atoms with van der Waals surface area (Å²) in [5, 5.41) is 7.83. The Morgan fingerprint density at radius 3 is 2.64 bits per heavy atom. The lowest BCUT2D eigenvalue weighted by Gasteiger charge is -2.22. The third-order valence-corrected chi connectivity index (χ3v) is 7.42. The van der Waals surface area contributed by atoms with E-state index in [0.29, 0.717) is 17.5 Å². The van der Waals surface area contributed by atoms with Crippen LogP contribution >= 0.6 is 11.8 Å². The molecule has 0 unspecified atom stereocenters. The molecule has 1 saturated carbocycles. The normalized spacial score (nSPS) is 16.3. The number of fused-ring (bicyclic) bond motifs is 1. The molecular formula is C28H29N3OS. The lowest BCUT2D eigenvalue weighted by Crippen LogP contribution is -2.32. The summed E-state index contributed by atoms with van der Waals surface area (Å²) < 4.78 is 0. The SMILES string of the molecule is Cc1c(NC(=O)c2ccc(C#CC3CC3)cc2)ccc2cc(CNC3CCSCC3)cnc12. The quantitative estimate of drug-likeness (QED) is 0.496. The second-order valence-electron chi connectivity index (χ2n) is 9.00. The van der Waals surface area contributed by atoms with Crippen LogP contribution in [0.15, 0.2) is 48.7 Å². The summed E-state index contributed by atoms with van der Waals surface area (Å²) in [4.78, 5) is 17.5. The fraction of sp³-hybridized carbons (Fsp3) is 0.357. The maximum atomic E-state index is 12.8. The van der Waals surface area contributed by atoms with E-state index in [2.05, 4.69) is 28.5 Å². The van der Waals surface area contributed by atoms with Crippen molar-refractivity contribution in [2.24, 2.45) is 5.92 Å². The highest BCUT2D eigenvalue weighted by molar-refractivity contribution is 7.99. The molecule has 1 aliphatic carbocycles. The second kappa shape index (κ2) is 9.99. The largest absolute Gasteiger partial charge is 0.322 e. The summed E-state index contributed by atoms with van der Waals surface area (Å²) in [7, 11) is 0. The Hall–Kier alpha value is -2.81. The Bertz CT molecular complexity index is 1220. The van der Waals surface area contributed by atoms with Gasteiger partial charge in [0, 0.05) is 46.9 Å². The zero-order valence-electron chi connectivity index (χ0n) is 19.0. The minimum Gasteiger partial charge on any atom is -0.322 e. The molecule has 0 bridgehead atoms. The van der Waals surface area contributed by atoms with Crippen molar-refractivity contribution < 1.29 is 4.79 Å². The van der Waals surface area contributed by atoms with Crippen molar-refractivity contribution in [3.63, 3.8) is 0 Å². The Labute approximate surface area is 200 Å². The van der Waals surface area contributed by atoms with Crippen molar-refractivity contribution in [3.8, 4) is 11.8 Å². The molecule has 4 nitrogen and oxygen atoms in total. The summed E-state index contributed by atoms with van der Waals surface area (Å²) in [6.07, 6.45) is 6.86. The van der Waals surface area contributed by atoms with Crippen molar-refractivity contribution in [3.05, 3.63) is 70.9 Å². The Morgan fingerprint density at radius 2 is 1.88 bits per heavy atom. The van der Waals surface area contributed by atoms with E-state index in [-0.39, 0.29) is 5.91 Å². The van der Waals surface area contributed by atoms with E-state index in [4.69, 9.17) is 4.98 Å². The summed E-state index contributed by atoms with van der Waals surface area (Å²) in [5.41, 5.74) is 5.48. The van der Waals surface area contributed by atoms with E-state index < -0.39 is 0 Å². The van der Waals surface area contributed by atoms with Crippen LogP contribution in [0, 0.1) is 24.7 Å². The Morgan fingerprint density at radius 1 is 1.09 bits per heavy atom. The van der Waals surface area contributed by atoms with Gasteiger partial charge in [-0.25, -0.2) is 0 Å². The molecule has 2 fully saturated rings. The minimum atomic E-state index is -0.120. The van der Waals surface area contributed by atoms with Crippen molar-refractivity contribution >= 4 is 34.3 Å². The number of thioether (sulfide) groups is 1. The van der Waals surface area contributed by atoms with Gasteiger partial charge in [-0.15, -0.1) is 0 Å². The highest BCUT2D eigenvalue weighted by Crippen LogP contribution is 2.28. The maximum absolute atomic E-state index is 12.8. The van der Waals surface area contributed by atoms with E-state index in [1.165, 1.54) is 42.8 Å². The molecule has 0 radical (unpaired) electrons. The molecule has 3 aromatic rings. The van der Waals surface area contributed by atoms with Crippen molar-refractivity contribution in [2.75, 3.05) is 16.8 Å². The third-order valence-electron chi connectivity index (χ3n) is 6.37. The van der Waals surface area contributed by atoms with Crippen LogP contribution in [0.4, 0.5) is 5.69 Å². The monoisotopic (exact) mass is 455 g/mol. The lowest BCUT2D eigenvalue weighted by molar-refractivity contribution is 0.102. The number of hydrogen-bond acceptors (Lipinski definition) is 4. The molecule has 0 atom stereocenters. The molecule has 2 aromatic carbocycles. The van der Waals surface area contributed by atoms with Crippen molar-refractivity contribution in [2.45, 2.75) is 45.2 Å². The van der Waals surface area contributed by atoms with Crippen molar-refractivity contribution in [1.29, 1.82) is 0 Å². The number of benzene rings is 2. The van der Waals surface area contributed by atoms with Crippen LogP contribution < -0.4 is 10.6 Å². The van der Waals surface area contributed by atoms with Gasteiger partial charge >= 0.3 is 0 Å². The molecule has 2 N–H and O–H groups in total. The number of pyridine rings is 1. The molecule has 2 aliphatic rings. The van der Waals surface area contributed by atoms with Gasteiger partial charge in [-0.05, 0) is 91.6 Å². The number of nitrogens with one attached hydrogen (secondary N) is 2. The number of carbonyl (C=O) groups excluding carboxylic acids is 1. The zero-order valence-corrected chi connectivity index (χ0v) is 19.8. The van der Waals surface area contributed by atoms with Gasteiger partial charge in [-0.1, -0.05) is 17.9 Å². The van der Waals surface area contributed by atoms with Gasteiger partial charge in [-0.2, -0.15) is 11.8 Å². The van der Waals surface area contributed by atoms with Gasteiger partial charge in [0.15, 0.2) is 0 Å². The minimum absolute atomic E-state index is 0.120. The number of rotatable bonds is 5. The number of anilines is 1. The number of amides is 1. The van der Waals surface area contributed by atoms with Gasteiger partial charge in [-0.3, -0.25) is 9.78 Å². The number of aromatic nitrogens is 1. The first-order chi connectivity index (χ1) is 16.2. The first kappa shape index (κ1) is 22.0. The van der Waals surface area contributed by atoms with E-state index >= 15 is 0 Å². The second-order valence-corrected chi connectivity index (χ2v) is 10.2. The number of aryl methyl sites for hydroxylation is 1. The average Bonchev–Trinajstić information content (AvgIpc) is 3.69. The molecule has 168 valence electrons. The van der Waals surface area contributed by atoms with E-state index in [0.717, 1.165) is 34.3 Å².